The first-order chi connectivity index (χ1) is 21.5. The van der Waals surface area contributed by atoms with Crippen molar-refractivity contribution in [3.05, 3.63) is 131 Å². The van der Waals surface area contributed by atoms with Crippen LogP contribution in [0.3, 0.4) is 0 Å². The Labute approximate surface area is 268 Å². The van der Waals surface area contributed by atoms with Crippen molar-refractivity contribution in [3.63, 3.8) is 0 Å². The lowest BCUT2D eigenvalue weighted by molar-refractivity contribution is -0.140. The summed E-state index contributed by atoms with van der Waals surface area (Å²) in [6.07, 6.45) is 1.00. The van der Waals surface area contributed by atoms with Gasteiger partial charge < -0.3 is 10.2 Å². The molecule has 45 heavy (non-hydrogen) atoms. The molecule has 8 heteroatoms. The number of aryl methyl sites for hydroxylation is 3. The molecule has 0 unspecified atom stereocenters. The third kappa shape index (κ3) is 8.60. The van der Waals surface area contributed by atoms with Gasteiger partial charge in [-0.1, -0.05) is 96.9 Å². The Hall–Kier alpha value is -4.43. The van der Waals surface area contributed by atoms with Crippen LogP contribution in [-0.4, -0.2) is 43.8 Å². The minimum absolute atomic E-state index is 0.0854. The van der Waals surface area contributed by atoms with E-state index in [1.165, 1.54) is 0 Å². The van der Waals surface area contributed by atoms with Gasteiger partial charge in [0.15, 0.2) is 0 Å². The molecule has 0 saturated carbocycles. The van der Waals surface area contributed by atoms with E-state index in [-0.39, 0.29) is 29.8 Å². The summed E-state index contributed by atoms with van der Waals surface area (Å²) in [7, 11) is -4.14. The zero-order chi connectivity index (χ0) is 32.6. The molecule has 236 valence electrons. The molecule has 4 rings (SSSR count). The van der Waals surface area contributed by atoms with Crippen molar-refractivity contribution in [2.24, 2.45) is 0 Å². The summed E-state index contributed by atoms with van der Waals surface area (Å²) in [6, 6.07) is 30.0. The second-order valence-electron chi connectivity index (χ2n) is 11.6. The number of amides is 2. The molecular formula is C37H43N3O4S. The van der Waals surface area contributed by atoms with Crippen LogP contribution in [0.4, 0.5) is 5.69 Å². The lowest BCUT2D eigenvalue weighted by Crippen LogP contribution is -2.54. The van der Waals surface area contributed by atoms with E-state index in [4.69, 9.17) is 0 Å². The highest BCUT2D eigenvalue weighted by atomic mass is 32.2. The van der Waals surface area contributed by atoms with Gasteiger partial charge in [-0.05, 0) is 75.1 Å². The highest BCUT2D eigenvalue weighted by Gasteiger charge is 2.35. The number of anilines is 1. The molecule has 0 aliphatic rings. The molecule has 0 radical (unpaired) electrons. The fourth-order valence-corrected chi connectivity index (χ4v) is 6.46. The molecule has 2 amide bonds. The molecule has 0 heterocycles. The number of hydrogen-bond donors (Lipinski definition) is 1. The van der Waals surface area contributed by atoms with E-state index in [9.17, 15) is 18.0 Å². The molecule has 1 N–H and O–H groups in total. The molecule has 4 aromatic rings. The lowest BCUT2D eigenvalue weighted by atomic mass is 10.0. The summed E-state index contributed by atoms with van der Waals surface area (Å²) >= 11 is 0. The van der Waals surface area contributed by atoms with Crippen molar-refractivity contribution in [2.75, 3.05) is 10.8 Å². The average Bonchev–Trinajstić information content (AvgIpc) is 3.03. The van der Waals surface area contributed by atoms with Gasteiger partial charge in [-0.3, -0.25) is 13.9 Å². The van der Waals surface area contributed by atoms with Gasteiger partial charge in [0.05, 0.1) is 10.6 Å². The number of carbonyl (C=O) groups is 2. The van der Waals surface area contributed by atoms with Crippen LogP contribution in [0, 0.1) is 20.8 Å². The summed E-state index contributed by atoms with van der Waals surface area (Å²) in [5.74, 6) is -0.756. The maximum Gasteiger partial charge on any atom is 0.264 e. The summed E-state index contributed by atoms with van der Waals surface area (Å²) < 4.78 is 29.5. The number of nitrogens with one attached hydrogen (secondary N) is 1. The van der Waals surface area contributed by atoms with E-state index >= 15 is 0 Å². The van der Waals surface area contributed by atoms with E-state index in [0.29, 0.717) is 5.69 Å². The number of carbonyl (C=O) groups excluding carboxylic acids is 2. The van der Waals surface area contributed by atoms with Crippen LogP contribution in [0.1, 0.15) is 48.1 Å². The summed E-state index contributed by atoms with van der Waals surface area (Å²) in [5.41, 5.74) is 5.00. The molecule has 0 aromatic heterocycles. The van der Waals surface area contributed by atoms with Gasteiger partial charge in [0.25, 0.3) is 10.0 Å². The van der Waals surface area contributed by atoms with Gasteiger partial charge in [0.2, 0.25) is 11.8 Å². The monoisotopic (exact) mass is 625 g/mol. The summed E-state index contributed by atoms with van der Waals surface area (Å²) in [5, 5.41) is 3.07. The predicted octanol–water partition coefficient (Wildman–Crippen LogP) is 6.36. The minimum atomic E-state index is -4.14. The predicted molar refractivity (Wildman–Crippen MR) is 180 cm³/mol. The fraction of sp³-hybridized carbons (Fsp3) is 0.297. The van der Waals surface area contributed by atoms with Crippen molar-refractivity contribution in [1.29, 1.82) is 0 Å². The normalized spacial score (nSPS) is 12.6. The Balaban J connectivity index is 1.81. The number of benzene rings is 4. The van der Waals surface area contributed by atoms with Crippen LogP contribution < -0.4 is 9.62 Å². The topological polar surface area (TPSA) is 86.8 Å². The first-order valence-corrected chi connectivity index (χ1v) is 16.8. The molecule has 0 fully saturated rings. The number of sulfonamides is 1. The highest BCUT2D eigenvalue weighted by molar-refractivity contribution is 7.92. The quantitative estimate of drug-likeness (QED) is 0.187. The van der Waals surface area contributed by atoms with Gasteiger partial charge in [-0.2, -0.15) is 0 Å². The van der Waals surface area contributed by atoms with Crippen LogP contribution in [0.5, 0.6) is 0 Å². The molecule has 2 atom stereocenters. The minimum Gasteiger partial charge on any atom is -0.352 e. The molecule has 4 aromatic carbocycles. The van der Waals surface area contributed by atoms with E-state index < -0.39 is 28.5 Å². The molecule has 0 aliphatic heterocycles. The molecule has 0 spiro atoms. The fourth-order valence-electron chi connectivity index (χ4n) is 5.04. The third-order valence-electron chi connectivity index (χ3n) is 8.08. The van der Waals surface area contributed by atoms with E-state index in [0.717, 1.165) is 38.5 Å². The Morgan fingerprint density at radius 2 is 1.36 bits per heavy atom. The Morgan fingerprint density at radius 3 is 1.96 bits per heavy atom. The van der Waals surface area contributed by atoms with Crippen molar-refractivity contribution in [1.82, 2.24) is 10.2 Å². The Kier molecular flexibility index (Phi) is 11.2. The van der Waals surface area contributed by atoms with Crippen LogP contribution in [0.2, 0.25) is 0 Å². The van der Waals surface area contributed by atoms with E-state index in [1.807, 2.05) is 101 Å². The van der Waals surface area contributed by atoms with Gasteiger partial charge in [0.1, 0.15) is 12.6 Å². The largest absolute Gasteiger partial charge is 0.352 e. The Morgan fingerprint density at radius 1 is 0.778 bits per heavy atom. The van der Waals surface area contributed by atoms with Crippen LogP contribution in [0.25, 0.3) is 0 Å². The second-order valence-corrected chi connectivity index (χ2v) is 13.5. The smallest absolute Gasteiger partial charge is 0.264 e. The first-order valence-electron chi connectivity index (χ1n) is 15.3. The van der Waals surface area contributed by atoms with Crippen molar-refractivity contribution < 1.29 is 18.0 Å². The molecule has 0 saturated heterocycles. The van der Waals surface area contributed by atoms with Crippen molar-refractivity contribution in [2.45, 2.75) is 71.0 Å². The number of rotatable bonds is 13. The Bertz CT molecular complexity index is 1690. The third-order valence-corrected chi connectivity index (χ3v) is 9.87. The summed E-state index contributed by atoms with van der Waals surface area (Å²) in [6.45, 7) is 9.35. The van der Waals surface area contributed by atoms with Crippen molar-refractivity contribution in [3.8, 4) is 0 Å². The number of hydrogen-bond acceptors (Lipinski definition) is 4. The highest BCUT2D eigenvalue weighted by Crippen LogP contribution is 2.26. The SMILES string of the molecule is CC[C@@H](C)NC(=O)[C@H](Cc1ccccc1)N(Cc1ccccc1C)C(=O)CN(c1ccc(C)cc1)S(=O)(=O)c1ccc(C)cc1. The van der Waals surface area contributed by atoms with E-state index in [2.05, 4.69) is 5.32 Å². The molecule has 7 nitrogen and oxygen atoms in total. The zero-order valence-electron chi connectivity index (χ0n) is 26.7. The van der Waals surface area contributed by atoms with Gasteiger partial charge in [0, 0.05) is 19.0 Å². The van der Waals surface area contributed by atoms with Gasteiger partial charge >= 0.3 is 0 Å². The zero-order valence-corrected chi connectivity index (χ0v) is 27.6. The molecule has 0 aliphatic carbocycles. The standard InChI is InChI=1S/C37H43N3O4S/c1-6-30(5)38-37(42)35(24-31-13-8-7-9-14-31)39(25-32-15-11-10-12-29(32)4)36(41)26-40(33-20-16-27(2)17-21-33)45(43,44)34-22-18-28(3)19-23-34/h7-23,30,35H,6,24-26H2,1-5H3,(H,38,42)/t30-,35+/m1/s1. The molecular weight excluding hydrogens is 582 g/mol. The van der Waals surface area contributed by atoms with E-state index in [1.54, 1.807) is 41.3 Å². The molecule has 0 bridgehead atoms. The van der Waals surface area contributed by atoms with Crippen LogP contribution >= 0.6 is 0 Å². The second kappa shape index (κ2) is 15.0. The maximum atomic E-state index is 14.6. The average molecular weight is 626 g/mol. The summed E-state index contributed by atoms with van der Waals surface area (Å²) in [4.78, 5) is 30.1. The first kappa shape index (κ1) is 33.5. The van der Waals surface area contributed by atoms with Crippen LogP contribution in [-0.2, 0) is 32.6 Å². The van der Waals surface area contributed by atoms with Gasteiger partial charge in [-0.15, -0.1) is 0 Å². The number of nitrogens with zero attached hydrogens (tertiary/aromatic N) is 2. The lowest BCUT2D eigenvalue weighted by Gasteiger charge is -2.34. The maximum absolute atomic E-state index is 14.6. The van der Waals surface area contributed by atoms with Gasteiger partial charge in [-0.25, -0.2) is 8.42 Å². The van der Waals surface area contributed by atoms with Crippen LogP contribution in [0.15, 0.2) is 108 Å². The van der Waals surface area contributed by atoms with Crippen molar-refractivity contribution >= 4 is 27.5 Å².